The molecule has 23 heavy (non-hydrogen) atoms. The van der Waals surface area contributed by atoms with Gasteiger partial charge in [0.05, 0.1) is 17.5 Å². The van der Waals surface area contributed by atoms with Gasteiger partial charge in [-0.05, 0) is 43.2 Å². The first kappa shape index (κ1) is 16.8. The number of rotatable bonds is 3. The number of nitriles is 1. The van der Waals surface area contributed by atoms with Gasteiger partial charge in [-0.15, -0.1) is 0 Å². The van der Waals surface area contributed by atoms with Crippen LogP contribution in [0, 0.1) is 25.2 Å². The van der Waals surface area contributed by atoms with Gasteiger partial charge in [0.25, 0.3) is 5.56 Å². The van der Waals surface area contributed by atoms with Crippen LogP contribution in [0.25, 0.3) is 0 Å². The second-order valence-electron chi connectivity index (χ2n) is 5.04. The van der Waals surface area contributed by atoms with E-state index in [1.54, 1.807) is 6.92 Å². The third-order valence-corrected chi connectivity index (χ3v) is 4.03. The fourth-order valence-electron chi connectivity index (χ4n) is 2.11. The number of benzene rings is 1. The maximum absolute atomic E-state index is 11.9. The molecule has 0 saturated carbocycles. The minimum atomic E-state index is -0.531. The molecule has 0 aliphatic rings. The number of anilines is 1. The second-order valence-corrected chi connectivity index (χ2v) is 5.96. The van der Waals surface area contributed by atoms with Crippen molar-refractivity contribution in [1.29, 1.82) is 5.26 Å². The monoisotopic (exact) mass is 374 g/mol. The van der Waals surface area contributed by atoms with E-state index in [1.807, 2.05) is 31.2 Å². The van der Waals surface area contributed by atoms with Gasteiger partial charge in [-0.25, -0.2) is 0 Å². The minimum absolute atomic E-state index is 0.00780. The number of aromatic nitrogens is 1. The molecule has 0 aliphatic heterocycles. The van der Waals surface area contributed by atoms with E-state index in [9.17, 15) is 9.90 Å². The molecule has 7 heteroatoms. The first-order valence-electron chi connectivity index (χ1n) is 6.74. The van der Waals surface area contributed by atoms with E-state index in [4.69, 9.17) is 5.26 Å². The number of aryl methyl sites for hydroxylation is 1. The van der Waals surface area contributed by atoms with Crippen molar-refractivity contribution in [3.05, 3.63) is 55.3 Å². The van der Waals surface area contributed by atoms with Crippen molar-refractivity contribution in [2.24, 2.45) is 12.1 Å². The quantitative estimate of drug-likeness (QED) is 0.638. The van der Waals surface area contributed by atoms with E-state index < -0.39 is 5.56 Å². The molecule has 2 rings (SSSR count). The van der Waals surface area contributed by atoms with Crippen molar-refractivity contribution in [3.8, 4) is 11.9 Å². The van der Waals surface area contributed by atoms with Crippen LogP contribution < -0.4 is 11.0 Å². The molecule has 2 aromatic rings. The Morgan fingerprint density at radius 3 is 2.74 bits per heavy atom. The largest absolute Gasteiger partial charge is 0.494 e. The molecule has 0 aliphatic carbocycles. The van der Waals surface area contributed by atoms with Crippen molar-refractivity contribution in [2.75, 3.05) is 5.43 Å². The Morgan fingerprint density at radius 2 is 2.13 bits per heavy atom. The molecule has 0 radical (unpaired) electrons. The van der Waals surface area contributed by atoms with E-state index in [0.29, 0.717) is 11.1 Å². The van der Waals surface area contributed by atoms with Crippen LogP contribution in [0.1, 0.15) is 22.3 Å². The number of halogens is 1. The lowest BCUT2D eigenvalue weighted by Crippen LogP contribution is -2.22. The highest BCUT2D eigenvalue weighted by atomic mass is 79.9. The van der Waals surface area contributed by atoms with Gasteiger partial charge in [-0.1, -0.05) is 15.9 Å². The number of aromatic hydroxyl groups is 1. The molecule has 1 aromatic carbocycles. The first-order chi connectivity index (χ1) is 10.9. The van der Waals surface area contributed by atoms with E-state index in [2.05, 4.69) is 26.5 Å². The average molecular weight is 375 g/mol. The van der Waals surface area contributed by atoms with Crippen LogP contribution in [0.5, 0.6) is 5.88 Å². The van der Waals surface area contributed by atoms with Crippen LogP contribution in [0.2, 0.25) is 0 Å². The molecule has 2 N–H and O–H groups in total. The van der Waals surface area contributed by atoms with Gasteiger partial charge in [0.1, 0.15) is 11.6 Å². The number of hydrogen-bond donors (Lipinski definition) is 2. The first-order valence-corrected chi connectivity index (χ1v) is 7.54. The van der Waals surface area contributed by atoms with Gasteiger partial charge in [0.15, 0.2) is 0 Å². The summed E-state index contributed by atoms with van der Waals surface area (Å²) < 4.78 is 1.99. The average Bonchev–Trinajstić information content (AvgIpc) is 2.51. The summed E-state index contributed by atoms with van der Waals surface area (Å²) in [7, 11) is 1.40. The summed E-state index contributed by atoms with van der Waals surface area (Å²) in [6.45, 7) is 3.54. The summed E-state index contributed by atoms with van der Waals surface area (Å²) in [5.74, 6) is -0.232. The lowest BCUT2D eigenvalue weighted by Gasteiger charge is -2.10. The number of pyridine rings is 1. The lowest BCUT2D eigenvalue weighted by molar-refractivity contribution is 0.421. The SMILES string of the molecule is Cc1cc(Br)ccc1N/N=C/c1c(C)c(C#N)c(=O)n(C)c1O. The maximum atomic E-state index is 11.9. The lowest BCUT2D eigenvalue weighted by atomic mass is 10.1. The fraction of sp³-hybridized carbons (Fsp3) is 0.188. The van der Waals surface area contributed by atoms with E-state index in [-0.39, 0.29) is 11.4 Å². The van der Waals surface area contributed by atoms with Gasteiger partial charge in [0.2, 0.25) is 5.88 Å². The van der Waals surface area contributed by atoms with E-state index in [1.165, 1.54) is 13.3 Å². The summed E-state index contributed by atoms with van der Waals surface area (Å²) in [6, 6.07) is 7.56. The molecule has 0 fully saturated rings. The third-order valence-electron chi connectivity index (χ3n) is 3.54. The molecule has 0 atom stereocenters. The predicted octanol–water partition coefficient (Wildman–Crippen LogP) is 2.79. The second kappa shape index (κ2) is 6.67. The van der Waals surface area contributed by atoms with Crippen molar-refractivity contribution < 1.29 is 5.11 Å². The zero-order valence-electron chi connectivity index (χ0n) is 12.9. The number of nitrogens with zero attached hydrogens (tertiary/aromatic N) is 3. The molecular weight excluding hydrogens is 360 g/mol. The molecule has 6 nitrogen and oxygen atoms in total. The van der Waals surface area contributed by atoms with Crippen molar-refractivity contribution in [1.82, 2.24) is 4.57 Å². The van der Waals surface area contributed by atoms with Crippen LogP contribution in [0.4, 0.5) is 5.69 Å². The normalized spacial score (nSPS) is 10.7. The molecule has 118 valence electrons. The minimum Gasteiger partial charge on any atom is -0.494 e. The van der Waals surface area contributed by atoms with Gasteiger partial charge in [0, 0.05) is 11.5 Å². The van der Waals surface area contributed by atoms with Crippen LogP contribution >= 0.6 is 15.9 Å². The number of hydrogen-bond acceptors (Lipinski definition) is 5. The smallest absolute Gasteiger partial charge is 0.271 e. The van der Waals surface area contributed by atoms with E-state index >= 15 is 0 Å². The Morgan fingerprint density at radius 1 is 1.43 bits per heavy atom. The number of hydrazone groups is 1. The molecule has 0 saturated heterocycles. The Balaban J connectivity index is 2.39. The summed E-state index contributed by atoms with van der Waals surface area (Å²) in [4.78, 5) is 11.9. The molecule has 0 unspecified atom stereocenters. The third kappa shape index (κ3) is 3.27. The molecular formula is C16H15BrN4O2. The number of nitrogens with one attached hydrogen (secondary N) is 1. The summed E-state index contributed by atoms with van der Waals surface area (Å²) >= 11 is 3.39. The zero-order chi connectivity index (χ0) is 17.1. The highest BCUT2D eigenvalue weighted by Crippen LogP contribution is 2.21. The van der Waals surface area contributed by atoms with Gasteiger partial charge >= 0.3 is 0 Å². The summed E-state index contributed by atoms with van der Waals surface area (Å²) in [6.07, 6.45) is 1.40. The molecule has 1 heterocycles. The molecule has 1 aromatic heterocycles. The van der Waals surface area contributed by atoms with Crippen molar-refractivity contribution in [3.63, 3.8) is 0 Å². The Labute approximate surface area is 141 Å². The zero-order valence-corrected chi connectivity index (χ0v) is 14.5. The highest BCUT2D eigenvalue weighted by molar-refractivity contribution is 9.10. The maximum Gasteiger partial charge on any atom is 0.271 e. The van der Waals surface area contributed by atoms with Crippen LogP contribution in [0.15, 0.2) is 32.6 Å². The van der Waals surface area contributed by atoms with Crippen molar-refractivity contribution >= 4 is 27.8 Å². The van der Waals surface area contributed by atoms with Gasteiger partial charge in [-0.2, -0.15) is 10.4 Å². The highest BCUT2D eigenvalue weighted by Gasteiger charge is 2.15. The topological polar surface area (TPSA) is 90.4 Å². The van der Waals surface area contributed by atoms with Gasteiger partial charge < -0.3 is 5.11 Å². The van der Waals surface area contributed by atoms with E-state index in [0.717, 1.165) is 20.3 Å². The standard InChI is InChI=1S/C16H15BrN4O2/c1-9-6-11(17)4-5-14(9)20-19-8-13-10(2)12(7-18)15(22)21(3)16(13)23/h4-6,8,20,23H,1-3H3/b19-8+. The Hall–Kier alpha value is -2.59. The van der Waals surface area contributed by atoms with Gasteiger partial charge in [-0.3, -0.25) is 14.8 Å². The fourth-order valence-corrected chi connectivity index (χ4v) is 2.59. The van der Waals surface area contributed by atoms with Crippen LogP contribution in [0.3, 0.4) is 0 Å². The predicted molar refractivity (Wildman–Crippen MR) is 92.9 cm³/mol. The molecule has 0 spiro atoms. The molecule has 0 amide bonds. The van der Waals surface area contributed by atoms with Crippen molar-refractivity contribution in [2.45, 2.75) is 13.8 Å². The molecule has 0 bridgehead atoms. The van der Waals surface area contributed by atoms with Crippen LogP contribution in [-0.4, -0.2) is 15.9 Å². The Kier molecular flexibility index (Phi) is 4.86. The summed E-state index contributed by atoms with van der Waals surface area (Å²) in [5.41, 5.74) is 4.87. The summed E-state index contributed by atoms with van der Waals surface area (Å²) in [5, 5.41) is 23.3. The van der Waals surface area contributed by atoms with Crippen LogP contribution in [-0.2, 0) is 7.05 Å². The Bertz CT molecular complexity index is 894.